The molecular weight excluding hydrogens is 359 g/mol. The van der Waals surface area contributed by atoms with Crippen LogP contribution in [0.5, 0.6) is 11.5 Å². The van der Waals surface area contributed by atoms with Gasteiger partial charge in [0, 0.05) is 5.46 Å². The van der Waals surface area contributed by atoms with Crippen molar-refractivity contribution < 1.29 is 19.5 Å². The Balaban J connectivity index is 1.91. The molecule has 0 aliphatic carbocycles. The summed E-state index contributed by atoms with van der Waals surface area (Å²) in [5.74, 6) is 0.875. The Morgan fingerprint density at radius 3 is 2.61 bits per heavy atom. The van der Waals surface area contributed by atoms with Gasteiger partial charge in [-0.1, -0.05) is 30.3 Å². The molecule has 0 bridgehead atoms. The summed E-state index contributed by atoms with van der Waals surface area (Å²) in [4.78, 5) is 4.07. The molecule has 3 rings (SSSR count). The predicted molar refractivity (Wildman–Crippen MR) is 108 cm³/mol. The number of aromatic nitrogens is 2. The van der Waals surface area contributed by atoms with Crippen molar-refractivity contribution in [2.75, 3.05) is 12.8 Å². The monoisotopic (exact) mass is 380 g/mol. The predicted octanol–water partition coefficient (Wildman–Crippen LogP) is 0.923. The number of nitrogens with two attached hydrogens (primary N) is 1. The van der Waals surface area contributed by atoms with Gasteiger partial charge in [-0.15, -0.1) is 0 Å². The molecule has 2 aromatic carbocycles. The van der Waals surface area contributed by atoms with Crippen LogP contribution in [0.3, 0.4) is 0 Å². The van der Waals surface area contributed by atoms with E-state index >= 15 is 0 Å². The smallest absolute Gasteiger partial charge is 0.492 e. The third-order valence-electron chi connectivity index (χ3n) is 4.00. The average molecular weight is 380 g/mol. The maximum atomic E-state index is 9.82. The fourth-order valence-corrected chi connectivity index (χ4v) is 2.67. The fourth-order valence-electron chi connectivity index (χ4n) is 2.67. The van der Waals surface area contributed by atoms with E-state index in [1.165, 1.54) is 18.0 Å². The molecule has 1 heterocycles. The van der Waals surface area contributed by atoms with Crippen LogP contribution in [0.15, 0.2) is 53.8 Å². The number of ether oxygens (including phenoxy) is 2. The number of hydrogen-bond acceptors (Lipinski definition) is 7. The average Bonchev–Trinajstić information content (AvgIpc) is 3.02. The first-order chi connectivity index (χ1) is 13.5. The summed E-state index contributed by atoms with van der Waals surface area (Å²) in [6.45, 7) is 2.07. The van der Waals surface area contributed by atoms with Gasteiger partial charge in [0.2, 0.25) is 5.95 Å². The van der Waals surface area contributed by atoms with Crippen LogP contribution < -0.4 is 20.7 Å². The van der Waals surface area contributed by atoms with Crippen molar-refractivity contribution in [2.45, 2.75) is 13.5 Å². The fraction of sp³-hybridized carbons (Fsp3) is 0.158. The van der Waals surface area contributed by atoms with E-state index in [1.807, 2.05) is 37.3 Å². The standard InChI is InChI=1S/C19H21BN4O4/c1-13-11-24(19(21)23-13)22-10-15-8-16(20(25)26)18(17(9-15)27-2)28-12-14-6-4-3-5-7-14/h3-11,25-26H,12H2,1-2H3,(H2,21,23). The Hall–Kier alpha value is -3.30. The molecule has 0 aliphatic heterocycles. The minimum Gasteiger partial charge on any atom is -0.493 e. The summed E-state index contributed by atoms with van der Waals surface area (Å²) >= 11 is 0. The SMILES string of the molecule is COc1cc(C=Nn2cc(C)nc2N)cc(B(O)O)c1OCc1ccccc1. The summed E-state index contributed by atoms with van der Waals surface area (Å²) in [5, 5.41) is 23.9. The lowest BCUT2D eigenvalue weighted by atomic mass is 9.78. The minimum atomic E-state index is -1.74. The molecule has 8 nitrogen and oxygen atoms in total. The lowest BCUT2D eigenvalue weighted by Gasteiger charge is -2.16. The van der Waals surface area contributed by atoms with E-state index in [2.05, 4.69) is 10.1 Å². The molecule has 9 heteroatoms. The van der Waals surface area contributed by atoms with Gasteiger partial charge in [0.25, 0.3) is 0 Å². The van der Waals surface area contributed by atoms with E-state index in [4.69, 9.17) is 15.2 Å². The zero-order valence-corrected chi connectivity index (χ0v) is 15.6. The molecule has 0 amide bonds. The van der Waals surface area contributed by atoms with Crippen LogP contribution in [0.1, 0.15) is 16.8 Å². The Morgan fingerprint density at radius 1 is 1.25 bits per heavy atom. The van der Waals surface area contributed by atoms with Gasteiger partial charge in [0.15, 0.2) is 11.5 Å². The van der Waals surface area contributed by atoms with Crippen molar-refractivity contribution in [1.82, 2.24) is 9.66 Å². The minimum absolute atomic E-state index is 0.173. The molecule has 0 saturated carbocycles. The topological polar surface area (TPSA) is 115 Å². The van der Waals surface area contributed by atoms with E-state index in [0.29, 0.717) is 11.3 Å². The van der Waals surface area contributed by atoms with Gasteiger partial charge in [-0.25, -0.2) is 9.66 Å². The Bertz CT molecular complexity index is 974. The van der Waals surface area contributed by atoms with Crippen LogP contribution in [-0.4, -0.2) is 40.2 Å². The molecule has 0 atom stereocenters. The quantitative estimate of drug-likeness (QED) is 0.415. The summed E-state index contributed by atoms with van der Waals surface area (Å²) in [6.07, 6.45) is 3.20. The second kappa shape index (κ2) is 8.60. The number of hydrogen-bond donors (Lipinski definition) is 3. The number of rotatable bonds is 7. The number of nitrogens with zero attached hydrogens (tertiary/aromatic N) is 3. The summed E-state index contributed by atoms with van der Waals surface area (Å²) in [7, 11) is -0.260. The van der Waals surface area contributed by atoms with E-state index in [-0.39, 0.29) is 23.8 Å². The lowest BCUT2D eigenvalue weighted by Crippen LogP contribution is -2.32. The number of methoxy groups -OCH3 is 1. The van der Waals surface area contributed by atoms with E-state index < -0.39 is 7.12 Å². The van der Waals surface area contributed by atoms with Crippen molar-refractivity contribution in [2.24, 2.45) is 5.10 Å². The summed E-state index contributed by atoms with van der Waals surface area (Å²) in [5.41, 5.74) is 8.21. The molecule has 3 aromatic rings. The van der Waals surface area contributed by atoms with Gasteiger partial charge in [0.1, 0.15) is 6.61 Å². The third-order valence-corrected chi connectivity index (χ3v) is 4.00. The van der Waals surface area contributed by atoms with Crippen LogP contribution in [-0.2, 0) is 6.61 Å². The molecule has 0 radical (unpaired) electrons. The second-order valence-electron chi connectivity index (χ2n) is 6.12. The third kappa shape index (κ3) is 4.51. The van der Waals surface area contributed by atoms with Crippen molar-refractivity contribution in [3.63, 3.8) is 0 Å². The molecular formula is C19H21BN4O4. The number of benzene rings is 2. The molecule has 0 fully saturated rings. The Kier molecular flexibility index (Phi) is 5.98. The second-order valence-corrected chi connectivity index (χ2v) is 6.12. The molecule has 1 aromatic heterocycles. The molecule has 0 saturated heterocycles. The van der Waals surface area contributed by atoms with Crippen LogP contribution in [0, 0.1) is 6.92 Å². The molecule has 144 valence electrons. The maximum absolute atomic E-state index is 9.82. The van der Waals surface area contributed by atoms with Gasteiger partial charge in [-0.3, -0.25) is 0 Å². The first kappa shape index (κ1) is 19.5. The summed E-state index contributed by atoms with van der Waals surface area (Å²) in [6, 6.07) is 12.8. The van der Waals surface area contributed by atoms with Crippen molar-refractivity contribution >= 4 is 24.7 Å². The highest BCUT2D eigenvalue weighted by atomic mass is 16.5. The highest BCUT2D eigenvalue weighted by Gasteiger charge is 2.22. The first-order valence-corrected chi connectivity index (χ1v) is 8.58. The highest BCUT2D eigenvalue weighted by molar-refractivity contribution is 6.60. The number of aryl methyl sites for hydroxylation is 1. The molecule has 0 unspecified atom stereocenters. The largest absolute Gasteiger partial charge is 0.493 e. The molecule has 28 heavy (non-hydrogen) atoms. The van der Waals surface area contributed by atoms with Crippen LogP contribution in [0.4, 0.5) is 5.95 Å². The number of anilines is 1. The van der Waals surface area contributed by atoms with Crippen LogP contribution >= 0.6 is 0 Å². The van der Waals surface area contributed by atoms with Gasteiger partial charge in [-0.2, -0.15) is 5.10 Å². The zero-order valence-electron chi connectivity index (χ0n) is 15.6. The van der Waals surface area contributed by atoms with Crippen LogP contribution in [0.2, 0.25) is 0 Å². The Labute approximate surface area is 163 Å². The van der Waals surface area contributed by atoms with E-state index in [9.17, 15) is 10.0 Å². The van der Waals surface area contributed by atoms with Crippen molar-refractivity contribution in [3.05, 3.63) is 65.5 Å². The van der Waals surface area contributed by atoms with Gasteiger partial charge < -0.3 is 25.3 Å². The highest BCUT2D eigenvalue weighted by Crippen LogP contribution is 2.27. The van der Waals surface area contributed by atoms with Gasteiger partial charge >= 0.3 is 7.12 Å². The van der Waals surface area contributed by atoms with Crippen molar-refractivity contribution in [1.29, 1.82) is 0 Å². The lowest BCUT2D eigenvalue weighted by molar-refractivity contribution is 0.285. The van der Waals surface area contributed by atoms with Gasteiger partial charge in [0.05, 0.1) is 25.2 Å². The zero-order chi connectivity index (χ0) is 20.1. The van der Waals surface area contributed by atoms with E-state index in [1.54, 1.807) is 18.3 Å². The normalized spacial score (nSPS) is 11.0. The van der Waals surface area contributed by atoms with Crippen molar-refractivity contribution in [3.8, 4) is 11.5 Å². The maximum Gasteiger partial charge on any atom is 0.492 e. The van der Waals surface area contributed by atoms with Gasteiger partial charge in [-0.05, 0) is 30.2 Å². The number of imidazole rings is 1. The summed E-state index contributed by atoms with van der Waals surface area (Å²) < 4.78 is 12.6. The molecule has 0 aliphatic rings. The molecule has 0 spiro atoms. The van der Waals surface area contributed by atoms with E-state index in [0.717, 1.165) is 11.3 Å². The first-order valence-electron chi connectivity index (χ1n) is 8.58. The number of nitrogen functional groups attached to an aromatic ring is 1. The Morgan fingerprint density at radius 2 is 2.00 bits per heavy atom. The van der Waals surface area contributed by atoms with Crippen LogP contribution in [0.25, 0.3) is 0 Å². The molecule has 4 N–H and O–H groups in total.